The van der Waals surface area contributed by atoms with Crippen molar-refractivity contribution >= 4 is 17.2 Å². The summed E-state index contributed by atoms with van der Waals surface area (Å²) in [6.07, 6.45) is 2.16. The molecule has 0 unspecified atom stereocenters. The van der Waals surface area contributed by atoms with E-state index in [1.54, 1.807) is 0 Å². The largest absolute Gasteiger partial charge is 0.296 e. The molecule has 0 fully saturated rings. The predicted molar refractivity (Wildman–Crippen MR) is 49.7 cm³/mol. The first-order valence-electron chi connectivity index (χ1n) is 3.98. The Labute approximate surface area is 75.4 Å². The van der Waals surface area contributed by atoms with E-state index in [4.69, 9.17) is 0 Å². The second kappa shape index (κ2) is 2.94. The van der Waals surface area contributed by atoms with E-state index in [-0.39, 0.29) is 0 Å². The third kappa shape index (κ3) is 1.28. The summed E-state index contributed by atoms with van der Waals surface area (Å²) in [6.45, 7) is 1.97. The van der Waals surface area contributed by atoms with E-state index >= 15 is 0 Å². The summed E-state index contributed by atoms with van der Waals surface area (Å²) < 4.78 is 0. The molecular formula is C10H8N2O. The van der Waals surface area contributed by atoms with Gasteiger partial charge in [0.25, 0.3) is 0 Å². The highest BCUT2D eigenvalue weighted by molar-refractivity contribution is 5.94. The van der Waals surface area contributed by atoms with Gasteiger partial charge in [-0.05, 0) is 19.1 Å². The van der Waals surface area contributed by atoms with E-state index in [1.165, 1.54) is 6.33 Å². The summed E-state index contributed by atoms with van der Waals surface area (Å²) in [6, 6.07) is 5.77. The topological polar surface area (TPSA) is 42.9 Å². The number of carbonyl (C=O) groups excluding carboxylic acids is 1. The molecule has 0 atom stereocenters. The molecule has 3 nitrogen and oxygen atoms in total. The zero-order valence-corrected chi connectivity index (χ0v) is 7.19. The normalized spacial score (nSPS) is 10.2. The maximum atomic E-state index is 10.6. The van der Waals surface area contributed by atoms with Crippen molar-refractivity contribution in [2.24, 2.45) is 0 Å². The molecular weight excluding hydrogens is 164 g/mol. The van der Waals surface area contributed by atoms with Crippen LogP contribution >= 0.6 is 0 Å². The fourth-order valence-electron chi connectivity index (χ4n) is 1.28. The molecule has 0 spiro atoms. The fourth-order valence-corrected chi connectivity index (χ4v) is 1.28. The van der Waals surface area contributed by atoms with Crippen molar-refractivity contribution in [3.8, 4) is 0 Å². The van der Waals surface area contributed by atoms with Crippen molar-refractivity contribution in [1.29, 1.82) is 0 Å². The van der Waals surface area contributed by atoms with Crippen LogP contribution in [0.4, 0.5) is 0 Å². The van der Waals surface area contributed by atoms with Gasteiger partial charge in [-0.1, -0.05) is 11.6 Å². The average Bonchev–Trinajstić information content (AvgIpc) is 2.17. The number of aldehydes is 1. The van der Waals surface area contributed by atoms with E-state index in [1.807, 2.05) is 25.1 Å². The van der Waals surface area contributed by atoms with Gasteiger partial charge in [0.2, 0.25) is 0 Å². The maximum Gasteiger partial charge on any atom is 0.169 e. The molecule has 0 radical (unpaired) electrons. The number of nitrogens with zero attached hydrogens (tertiary/aromatic N) is 2. The summed E-state index contributed by atoms with van der Waals surface area (Å²) in [4.78, 5) is 18.6. The lowest BCUT2D eigenvalue weighted by Crippen LogP contribution is -1.91. The Morgan fingerprint density at radius 3 is 2.92 bits per heavy atom. The third-order valence-corrected chi connectivity index (χ3v) is 1.93. The molecule has 1 aromatic carbocycles. The number of hydrogen-bond donors (Lipinski definition) is 0. The molecule has 1 heterocycles. The molecule has 0 amide bonds. The van der Waals surface area contributed by atoms with Crippen molar-refractivity contribution < 1.29 is 4.79 Å². The molecule has 3 heteroatoms. The van der Waals surface area contributed by atoms with Crippen LogP contribution < -0.4 is 0 Å². The van der Waals surface area contributed by atoms with Gasteiger partial charge >= 0.3 is 0 Å². The number of fused-ring (bicyclic) bond motifs is 1. The monoisotopic (exact) mass is 172 g/mol. The van der Waals surface area contributed by atoms with Crippen molar-refractivity contribution in [2.75, 3.05) is 0 Å². The summed E-state index contributed by atoms with van der Waals surface area (Å²) in [5, 5.41) is 0.817. The van der Waals surface area contributed by atoms with Crippen molar-refractivity contribution in [3.05, 3.63) is 35.8 Å². The number of hydrogen-bond acceptors (Lipinski definition) is 3. The average molecular weight is 172 g/mol. The van der Waals surface area contributed by atoms with Crippen molar-refractivity contribution in [2.45, 2.75) is 6.92 Å². The zero-order chi connectivity index (χ0) is 9.26. The van der Waals surface area contributed by atoms with Crippen LogP contribution in [0.25, 0.3) is 10.9 Å². The van der Waals surface area contributed by atoms with Crippen LogP contribution in [0.3, 0.4) is 0 Å². The molecule has 64 valence electrons. The van der Waals surface area contributed by atoms with E-state index in [9.17, 15) is 4.79 Å². The minimum atomic E-state index is 0.453. The predicted octanol–water partition coefficient (Wildman–Crippen LogP) is 1.75. The quantitative estimate of drug-likeness (QED) is 0.615. The standard InChI is InChI=1S/C10H8N2O/c1-7-2-3-9-8(4-7)10(5-13)12-6-11-9/h2-6H,1H3. The second-order valence-corrected chi connectivity index (χ2v) is 2.90. The molecule has 1 aromatic heterocycles. The van der Waals surface area contributed by atoms with E-state index < -0.39 is 0 Å². The summed E-state index contributed by atoms with van der Waals surface area (Å²) in [5.41, 5.74) is 2.36. The Kier molecular flexibility index (Phi) is 1.77. The van der Waals surface area contributed by atoms with Gasteiger partial charge < -0.3 is 0 Å². The van der Waals surface area contributed by atoms with E-state index in [0.29, 0.717) is 5.69 Å². The van der Waals surface area contributed by atoms with Gasteiger partial charge in [-0.25, -0.2) is 9.97 Å². The number of aromatic nitrogens is 2. The second-order valence-electron chi connectivity index (χ2n) is 2.90. The maximum absolute atomic E-state index is 10.6. The van der Waals surface area contributed by atoms with Crippen LogP contribution in [0.2, 0.25) is 0 Å². The minimum absolute atomic E-state index is 0.453. The molecule has 0 aliphatic rings. The highest BCUT2D eigenvalue weighted by Gasteiger charge is 2.01. The van der Waals surface area contributed by atoms with Gasteiger partial charge in [0, 0.05) is 5.39 Å². The third-order valence-electron chi connectivity index (χ3n) is 1.93. The minimum Gasteiger partial charge on any atom is -0.296 e. The van der Waals surface area contributed by atoms with Crippen LogP contribution in [0.15, 0.2) is 24.5 Å². The summed E-state index contributed by atoms with van der Waals surface area (Å²) >= 11 is 0. The van der Waals surface area contributed by atoms with Gasteiger partial charge in [0.05, 0.1) is 5.52 Å². The van der Waals surface area contributed by atoms with Gasteiger partial charge in [0.15, 0.2) is 6.29 Å². The van der Waals surface area contributed by atoms with Gasteiger partial charge in [0.1, 0.15) is 12.0 Å². The first kappa shape index (κ1) is 7.86. The Morgan fingerprint density at radius 2 is 2.15 bits per heavy atom. The van der Waals surface area contributed by atoms with E-state index in [2.05, 4.69) is 9.97 Å². The summed E-state index contributed by atoms with van der Waals surface area (Å²) in [7, 11) is 0. The van der Waals surface area contributed by atoms with Crippen molar-refractivity contribution in [1.82, 2.24) is 9.97 Å². The Balaban J connectivity index is 2.86. The SMILES string of the molecule is Cc1ccc2ncnc(C=O)c2c1. The molecule has 2 rings (SSSR count). The molecule has 0 aliphatic carbocycles. The zero-order valence-electron chi connectivity index (χ0n) is 7.19. The van der Waals surface area contributed by atoms with Gasteiger partial charge in [-0.2, -0.15) is 0 Å². The Hall–Kier alpha value is -1.77. The molecule has 0 saturated carbocycles. The molecule has 0 aliphatic heterocycles. The molecule has 0 N–H and O–H groups in total. The first-order valence-corrected chi connectivity index (χ1v) is 3.98. The molecule has 13 heavy (non-hydrogen) atoms. The van der Waals surface area contributed by atoms with Crippen LogP contribution in [0.5, 0.6) is 0 Å². The van der Waals surface area contributed by atoms with Crippen LogP contribution in [0.1, 0.15) is 16.1 Å². The number of rotatable bonds is 1. The lowest BCUT2D eigenvalue weighted by Gasteiger charge is -1.99. The van der Waals surface area contributed by atoms with E-state index in [0.717, 1.165) is 22.8 Å². The molecule has 0 bridgehead atoms. The van der Waals surface area contributed by atoms with Gasteiger partial charge in [-0.3, -0.25) is 4.79 Å². The smallest absolute Gasteiger partial charge is 0.169 e. The van der Waals surface area contributed by atoms with Crippen LogP contribution in [-0.4, -0.2) is 16.3 Å². The van der Waals surface area contributed by atoms with Gasteiger partial charge in [-0.15, -0.1) is 0 Å². The van der Waals surface area contributed by atoms with Crippen LogP contribution in [-0.2, 0) is 0 Å². The Morgan fingerprint density at radius 1 is 1.31 bits per heavy atom. The summed E-state index contributed by atoms with van der Waals surface area (Å²) in [5.74, 6) is 0. The number of benzene rings is 1. The fraction of sp³-hybridized carbons (Fsp3) is 0.100. The number of aryl methyl sites for hydroxylation is 1. The lowest BCUT2D eigenvalue weighted by atomic mass is 10.1. The molecule has 2 aromatic rings. The first-order chi connectivity index (χ1) is 6.31. The highest BCUT2D eigenvalue weighted by atomic mass is 16.1. The lowest BCUT2D eigenvalue weighted by molar-refractivity contribution is 0.112. The number of carbonyl (C=O) groups is 1. The van der Waals surface area contributed by atoms with Crippen molar-refractivity contribution in [3.63, 3.8) is 0 Å². The Bertz CT molecular complexity index is 465. The molecule has 0 saturated heterocycles. The van der Waals surface area contributed by atoms with Crippen LogP contribution in [0, 0.1) is 6.92 Å². The highest BCUT2D eigenvalue weighted by Crippen LogP contribution is 2.14.